The summed E-state index contributed by atoms with van der Waals surface area (Å²) in [6.45, 7) is 2.87. The van der Waals surface area contributed by atoms with Gasteiger partial charge in [-0.3, -0.25) is 4.79 Å². The number of nitrogens with zero attached hydrogens (tertiary/aromatic N) is 3. The van der Waals surface area contributed by atoms with Crippen molar-refractivity contribution in [1.82, 2.24) is 9.47 Å². The van der Waals surface area contributed by atoms with E-state index in [9.17, 15) is 9.18 Å². The number of ether oxygens (including phenoxy) is 1. The van der Waals surface area contributed by atoms with Gasteiger partial charge in [-0.1, -0.05) is 18.2 Å². The summed E-state index contributed by atoms with van der Waals surface area (Å²) in [6.07, 6.45) is 4.14. The molecule has 0 aliphatic carbocycles. The third-order valence-electron chi connectivity index (χ3n) is 5.64. The SMILES string of the molecule is COc1cccc(N2CCN(C(=O)C[C@@H](c3cccc(F)c3)n3cccc3)CC2)c1. The van der Waals surface area contributed by atoms with Crippen LogP contribution in [0.2, 0.25) is 0 Å². The fourth-order valence-corrected chi connectivity index (χ4v) is 3.98. The molecule has 1 amide bonds. The second kappa shape index (κ2) is 9.03. The minimum absolute atomic E-state index is 0.0863. The van der Waals surface area contributed by atoms with Gasteiger partial charge in [0, 0.05) is 50.3 Å². The van der Waals surface area contributed by atoms with Crippen molar-refractivity contribution < 1.29 is 13.9 Å². The van der Waals surface area contributed by atoms with Crippen LogP contribution in [0.1, 0.15) is 18.0 Å². The first kappa shape index (κ1) is 20.0. The highest BCUT2D eigenvalue weighted by Crippen LogP contribution is 2.26. The molecule has 1 aliphatic rings. The topological polar surface area (TPSA) is 37.7 Å². The zero-order valence-corrected chi connectivity index (χ0v) is 17.1. The van der Waals surface area contributed by atoms with Crippen LogP contribution < -0.4 is 9.64 Å². The summed E-state index contributed by atoms with van der Waals surface area (Å²) in [5.74, 6) is 0.628. The monoisotopic (exact) mass is 407 g/mol. The average molecular weight is 407 g/mol. The van der Waals surface area contributed by atoms with Crippen molar-refractivity contribution in [2.45, 2.75) is 12.5 Å². The number of rotatable bonds is 6. The van der Waals surface area contributed by atoms with Gasteiger partial charge in [0.2, 0.25) is 5.91 Å². The molecule has 1 saturated heterocycles. The number of benzene rings is 2. The van der Waals surface area contributed by atoms with Gasteiger partial charge in [-0.15, -0.1) is 0 Å². The van der Waals surface area contributed by atoms with Crippen molar-refractivity contribution in [2.24, 2.45) is 0 Å². The Bertz CT molecular complexity index is 982. The fourth-order valence-electron chi connectivity index (χ4n) is 3.98. The standard InChI is InChI=1S/C24H26FN3O2/c1-30-22-9-5-8-21(17-22)26-12-14-28(15-13-26)24(29)18-23(27-10-2-3-11-27)19-6-4-7-20(25)16-19/h2-11,16-17,23H,12-15,18H2,1H3/t23-/m0/s1. The van der Waals surface area contributed by atoms with Crippen molar-refractivity contribution in [1.29, 1.82) is 0 Å². The predicted molar refractivity (Wildman–Crippen MR) is 115 cm³/mol. The van der Waals surface area contributed by atoms with E-state index in [1.165, 1.54) is 12.1 Å². The van der Waals surface area contributed by atoms with Crippen LogP contribution in [-0.4, -0.2) is 48.7 Å². The van der Waals surface area contributed by atoms with Crippen molar-refractivity contribution >= 4 is 11.6 Å². The summed E-state index contributed by atoms with van der Waals surface area (Å²) < 4.78 is 21.1. The second-order valence-electron chi connectivity index (χ2n) is 7.47. The normalized spacial score (nSPS) is 15.1. The molecule has 1 aliphatic heterocycles. The highest BCUT2D eigenvalue weighted by molar-refractivity contribution is 5.77. The number of aromatic nitrogens is 1. The molecule has 156 valence electrons. The first-order chi connectivity index (χ1) is 14.6. The second-order valence-corrected chi connectivity index (χ2v) is 7.47. The zero-order chi connectivity index (χ0) is 20.9. The molecule has 1 aromatic heterocycles. The quantitative estimate of drug-likeness (QED) is 0.621. The first-order valence-corrected chi connectivity index (χ1v) is 10.2. The average Bonchev–Trinajstić information content (AvgIpc) is 3.32. The highest BCUT2D eigenvalue weighted by Gasteiger charge is 2.25. The molecule has 30 heavy (non-hydrogen) atoms. The Labute approximate surface area is 176 Å². The van der Waals surface area contributed by atoms with Gasteiger partial charge >= 0.3 is 0 Å². The Morgan fingerprint density at radius 2 is 1.73 bits per heavy atom. The molecular weight excluding hydrogens is 381 g/mol. The Kier molecular flexibility index (Phi) is 6.02. The maximum atomic E-state index is 13.8. The van der Waals surface area contributed by atoms with Crippen LogP contribution in [0.25, 0.3) is 0 Å². The molecule has 0 saturated carbocycles. The molecule has 0 N–H and O–H groups in total. The van der Waals surface area contributed by atoms with E-state index in [0.29, 0.717) is 19.5 Å². The van der Waals surface area contributed by atoms with Crippen LogP contribution in [0.5, 0.6) is 5.75 Å². The molecule has 1 atom stereocenters. The third kappa shape index (κ3) is 4.48. The largest absolute Gasteiger partial charge is 0.497 e. The molecule has 2 aromatic carbocycles. The maximum Gasteiger partial charge on any atom is 0.225 e. The van der Waals surface area contributed by atoms with Gasteiger partial charge in [-0.25, -0.2) is 4.39 Å². The maximum absolute atomic E-state index is 13.8. The zero-order valence-electron chi connectivity index (χ0n) is 17.1. The Hall–Kier alpha value is -3.28. The molecule has 0 radical (unpaired) electrons. The molecule has 0 spiro atoms. The number of hydrogen-bond donors (Lipinski definition) is 0. The van der Waals surface area contributed by atoms with Crippen LogP contribution in [-0.2, 0) is 4.79 Å². The summed E-state index contributed by atoms with van der Waals surface area (Å²) in [7, 11) is 1.66. The molecule has 0 bridgehead atoms. The lowest BCUT2D eigenvalue weighted by Crippen LogP contribution is -2.49. The highest BCUT2D eigenvalue weighted by atomic mass is 19.1. The lowest BCUT2D eigenvalue weighted by molar-refractivity contribution is -0.132. The lowest BCUT2D eigenvalue weighted by atomic mass is 10.0. The summed E-state index contributed by atoms with van der Waals surface area (Å²) >= 11 is 0. The first-order valence-electron chi connectivity index (χ1n) is 10.2. The number of hydrogen-bond acceptors (Lipinski definition) is 3. The van der Waals surface area contributed by atoms with Crippen LogP contribution in [0, 0.1) is 5.82 Å². The molecule has 2 heterocycles. The molecule has 1 fully saturated rings. The van der Waals surface area contributed by atoms with E-state index in [0.717, 1.165) is 30.1 Å². The number of anilines is 1. The molecular formula is C24H26FN3O2. The van der Waals surface area contributed by atoms with E-state index in [-0.39, 0.29) is 17.8 Å². The number of carbonyl (C=O) groups is 1. The molecule has 0 unspecified atom stereocenters. The van der Waals surface area contributed by atoms with E-state index in [4.69, 9.17) is 4.74 Å². The predicted octanol–water partition coefficient (Wildman–Crippen LogP) is 3.96. The van der Waals surface area contributed by atoms with Crippen molar-refractivity contribution in [2.75, 3.05) is 38.2 Å². The van der Waals surface area contributed by atoms with Crippen molar-refractivity contribution in [3.8, 4) is 5.75 Å². The van der Waals surface area contributed by atoms with Gasteiger partial charge in [0.05, 0.1) is 19.6 Å². The fraction of sp³-hybridized carbons (Fsp3) is 0.292. The van der Waals surface area contributed by atoms with Crippen LogP contribution in [0.4, 0.5) is 10.1 Å². The van der Waals surface area contributed by atoms with Gasteiger partial charge < -0.3 is 19.1 Å². The smallest absolute Gasteiger partial charge is 0.225 e. The molecule has 6 heteroatoms. The summed E-state index contributed by atoms with van der Waals surface area (Å²) in [4.78, 5) is 17.3. The van der Waals surface area contributed by atoms with Gasteiger partial charge in [0.25, 0.3) is 0 Å². The van der Waals surface area contributed by atoms with Crippen molar-refractivity contribution in [3.05, 3.63) is 84.4 Å². The minimum atomic E-state index is -0.288. The Morgan fingerprint density at radius 3 is 2.43 bits per heavy atom. The van der Waals surface area contributed by atoms with E-state index >= 15 is 0 Å². The minimum Gasteiger partial charge on any atom is -0.497 e. The van der Waals surface area contributed by atoms with E-state index < -0.39 is 0 Å². The van der Waals surface area contributed by atoms with Crippen molar-refractivity contribution in [3.63, 3.8) is 0 Å². The van der Waals surface area contributed by atoms with E-state index in [1.54, 1.807) is 13.2 Å². The summed E-state index contributed by atoms with van der Waals surface area (Å²) in [5, 5.41) is 0. The Morgan fingerprint density at radius 1 is 1.00 bits per heavy atom. The number of halogens is 1. The van der Waals surface area contributed by atoms with Gasteiger partial charge in [-0.05, 0) is 42.0 Å². The number of carbonyl (C=O) groups excluding carboxylic acids is 1. The van der Waals surface area contributed by atoms with Crippen LogP contribution in [0.3, 0.4) is 0 Å². The van der Waals surface area contributed by atoms with Gasteiger partial charge in [-0.2, -0.15) is 0 Å². The Balaban J connectivity index is 1.43. The number of piperazine rings is 1. The molecule has 3 aromatic rings. The third-order valence-corrected chi connectivity index (χ3v) is 5.64. The van der Waals surface area contributed by atoms with E-state index in [1.807, 2.05) is 58.3 Å². The number of amides is 1. The van der Waals surface area contributed by atoms with Crippen LogP contribution >= 0.6 is 0 Å². The summed E-state index contributed by atoms with van der Waals surface area (Å²) in [6, 6.07) is 18.1. The van der Waals surface area contributed by atoms with Gasteiger partial charge in [0.15, 0.2) is 0 Å². The van der Waals surface area contributed by atoms with E-state index in [2.05, 4.69) is 11.0 Å². The summed E-state index contributed by atoms with van der Waals surface area (Å²) in [5.41, 5.74) is 1.90. The lowest BCUT2D eigenvalue weighted by Gasteiger charge is -2.37. The van der Waals surface area contributed by atoms with Crippen LogP contribution in [0.15, 0.2) is 73.1 Å². The van der Waals surface area contributed by atoms with Gasteiger partial charge in [0.1, 0.15) is 11.6 Å². The number of methoxy groups -OCH3 is 1. The molecule has 5 nitrogen and oxygen atoms in total. The molecule has 4 rings (SSSR count).